The van der Waals surface area contributed by atoms with Crippen LogP contribution in [0.1, 0.15) is 19.3 Å². The van der Waals surface area contributed by atoms with Gasteiger partial charge in [-0.3, -0.25) is 4.79 Å². The third kappa shape index (κ3) is 4.95. The van der Waals surface area contributed by atoms with Crippen LogP contribution in [-0.4, -0.2) is 17.4 Å². The highest BCUT2D eigenvalue weighted by Crippen LogP contribution is 2.04. The first kappa shape index (κ1) is 11.4. The van der Waals surface area contributed by atoms with E-state index in [1.54, 1.807) is 12.1 Å². The molecule has 3 N–H and O–H groups in total. The second-order valence-electron chi connectivity index (χ2n) is 3.20. The molecule has 0 saturated carbocycles. The SMILES string of the molecule is NC(=O)CCCCNc1cccc(F)n1. The molecule has 0 saturated heterocycles. The maximum absolute atomic E-state index is 12.6. The number of primary amides is 1. The molecule has 0 bridgehead atoms. The molecule has 1 aromatic rings. The monoisotopic (exact) mass is 211 g/mol. The number of carbonyl (C=O) groups excluding carboxylic acids is 1. The number of unbranched alkanes of at least 4 members (excludes halogenated alkanes) is 1. The molecule has 15 heavy (non-hydrogen) atoms. The van der Waals surface area contributed by atoms with Gasteiger partial charge in [0.1, 0.15) is 5.82 Å². The maximum Gasteiger partial charge on any atom is 0.217 e. The normalized spacial score (nSPS) is 9.93. The lowest BCUT2D eigenvalue weighted by atomic mass is 10.2. The van der Waals surface area contributed by atoms with Gasteiger partial charge in [0.05, 0.1) is 0 Å². The van der Waals surface area contributed by atoms with Crippen LogP contribution in [0.15, 0.2) is 18.2 Å². The van der Waals surface area contributed by atoms with Gasteiger partial charge in [0, 0.05) is 13.0 Å². The van der Waals surface area contributed by atoms with Gasteiger partial charge >= 0.3 is 0 Å². The Morgan fingerprint density at radius 2 is 2.27 bits per heavy atom. The molecule has 82 valence electrons. The van der Waals surface area contributed by atoms with Crippen molar-refractivity contribution in [2.45, 2.75) is 19.3 Å². The van der Waals surface area contributed by atoms with Gasteiger partial charge in [-0.1, -0.05) is 6.07 Å². The molecule has 0 aliphatic carbocycles. The van der Waals surface area contributed by atoms with Gasteiger partial charge < -0.3 is 11.1 Å². The minimum Gasteiger partial charge on any atom is -0.370 e. The highest BCUT2D eigenvalue weighted by Gasteiger charge is 1.96. The van der Waals surface area contributed by atoms with Crippen molar-refractivity contribution in [3.8, 4) is 0 Å². The van der Waals surface area contributed by atoms with Crippen molar-refractivity contribution in [3.63, 3.8) is 0 Å². The number of rotatable bonds is 6. The van der Waals surface area contributed by atoms with E-state index in [1.807, 2.05) is 0 Å². The fourth-order valence-corrected chi connectivity index (χ4v) is 1.15. The molecule has 1 aromatic heterocycles. The van der Waals surface area contributed by atoms with E-state index < -0.39 is 5.95 Å². The number of carbonyl (C=O) groups is 1. The summed E-state index contributed by atoms with van der Waals surface area (Å²) < 4.78 is 12.6. The van der Waals surface area contributed by atoms with Gasteiger partial charge in [0.2, 0.25) is 11.9 Å². The van der Waals surface area contributed by atoms with Crippen LogP contribution in [0.3, 0.4) is 0 Å². The van der Waals surface area contributed by atoms with E-state index >= 15 is 0 Å². The molecule has 0 aliphatic rings. The van der Waals surface area contributed by atoms with Gasteiger partial charge in [-0.25, -0.2) is 4.98 Å². The molecule has 0 atom stereocenters. The van der Waals surface area contributed by atoms with E-state index in [4.69, 9.17) is 5.73 Å². The molecule has 0 aliphatic heterocycles. The zero-order valence-corrected chi connectivity index (χ0v) is 8.37. The molecule has 5 heteroatoms. The summed E-state index contributed by atoms with van der Waals surface area (Å²) in [6.45, 7) is 0.656. The zero-order chi connectivity index (χ0) is 11.1. The highest BCUT2D eigenvalue weighted by atomic mass is 19.1. The fourth-order valence-electron chi connectivity index (χ4n) is 1.15. The Morgan fingerprint density at radius 1 is 1.47 bits per heavy atom. The topological polar surface area (TPSA) is 68.0 Å². The molecule has 4 nitrogen and oxygen atoms in total. The summed E-state index contributed by atoms with van der Waals surface area (Å²) in [5.41, 5.74) is 4.98. The third-order valence-electron chi connectivity index (χ3n) is 1.87. The number of amides is 1. The predicted molar refractivity (Wildman–Crippen MR) is 55.7 cm³/mol. The van der Waals surface area contributed by atoms with Crippen molar-refractivity contribution < 1.29 is 9.18 Å². The molecular weight excluding hydrogens is 197 g/mol. The number of anilines is 1. The van der Waals surface area contributed by atoms with Gasteiger partial charge in [0.15, 0.2) is 0 Å². The molecule has 1 heterocycles. The Bertz CT molecular complexity index is 330. The first-order valence-corrected chi connectivity index (χ1v) is 4.83. The standard InChI is InChI=1S/C10H14FN3O/c11-8-4-3-6-10(14-8)13-7-2-1-5-9(12)15/h3-4,6H,1-2,5,7H2,(H2,12,15)(H,13,14). The van der Waals surface area contributed by atoms with Crippen LogP contribution in [0.25, 0.3) is 0 Å². The number of nitrogens with one attached hydrogen (secondary N) is 1. The smallest absolute Gasteiger partial charge is 0.217 e. The van der Waals surface area contributed by atoms with Crippen molar-refractivity contribution in [2.75, 3.05) is 11.9 Å². The summed E-state index contributed by atoms with van der Waals surface area (Å²) in [6, 6.07) is 4.57. The van der Waals surface area contributed by atoms with Crippen molar-refractivity contribution in [1.82, 2.24) is 4.98 Å². The minimum absolute atomic E-state index is 0.293. The Morgan fingerprint density at radius 3 is 2.93 bits per heavy atom. The number of pyridine rings is 1. The van der Waals surface area contributed by atoms with Gasteiger partial charge in [-0.15, -0.1) is 0 Å². The molecular formula is C10H14FN3O. The van der Waals surface area contributed by atoms with Crippen molar-refractivity contribution in [3.05, 3.63) is 24.1 Å². The first-order chi connectivity index (χ1) is 7.18. The van der Waals surface area contributed by atoms with Crippen LogP contribution in [0.4, 0.5) is 10.2 Å². The number of aromatic nitrogens is 1. The van der Waals surface area contributed by atoms with E-state index in [0.29, 0.717) is 18.8 Å². The first-order valence-electron chi connectivity index (χ1n) is 4.83. The lowest BCUT2D eigenvalue weighted by Crippen LogP contribution is -2.11. The molecule has 0 aromatic carbocycles. The van der Waals surface area contributed by atoms with Crippen molar-refractivity contribution in [1.29, 1.82) is 0 Å². The third-order valence-corrected chi connectivity index (χ3v) is 1.87. The number of hydrogen-bond acceptors (Lipinski definition) is 3. The zero-order valence-electron chi connectivity index (χ0n) is 8.37. The molecule has 0 unspecified atom stereocenters. The van der Waals surface area contributed by atoms with Gasteiger partial charge in [-0.05, 0) is 25.0 Å². The summed E-state index contributed by atoms with van der Waals surface area (Å²) >= 11 is 0. The van der Waals surface area contributed by atoms with E-state index in [-0.39, 0.29) is 5.91 Å². The van der Waals surface area contributed by atoms with Crippen LogP contribution in [-0.2, 0) is 4.79 Å². The summed E-state index contributed by atoms with van der Waals surface area (Å²) in [6.07, 6.45) is 1.93. The lowest BCUT2D eigenvalue weighted by Gasteiger charge is -2.04. The molecule has 1 amide bonds. The Balaban J connectivity index is 2.17. The van der Waals surface area contributed by atoms with Crippen LogP contribution >= 0.6 is 0 Å². The van der Waals surface area contributed by atoms with Gasteiger partial charge in [-0.2, -0.15) is 4.39 Å². The second kappa shape index (κ2) is 5.95. The van der Waals surface area contributed by atoms with E-state index in [2.05, 4.69) is 10.3 Å². The highest BCUT2D eigenvalue weighted by molar-refractivity contribution is 5.73. The number of nitrogens with two attached hydrogens (primary N) is 1. The molecule has 0 radical (unpaired) electrons. The summed E-state index contributed by atoms with van der Waals surface area (Å²) in [5, 5.41) is 2.96. The van der Waals surface area contributed by atoms with E-state index in [0.717, 1.165) is 12.8 Å². The van der Waals surface area contributed by atoms with Crippen molar-refractivity contribution in [2.24, 2.45) is 5.73 Å². The minimum atomic E-state index is -0.503. The van der Waals surface area contributed by atoms with Gasteiger partial charge in [0.25, 0.3) is 0 Å². The van der Waals surface area contributed by atoms with Crippen molar-refractivity contribution >= 4 is 11.7 Å². The largest absolute Gasteiger partial charge is 0.370 e. The Hall–Kier alpha value is -1.65. The second-order valence-corrected chi connectivity index (χ2v) is 3.20. The number of halogens is 1. The van der Waals surface area contributed by atoms with Crippen LogP contribution in [0, 0.1) is 5.95 Å². The van der Waals surface area contributed by atoms with Crippen LogP contribution in [0.5, 0.6) is 0 Å². The average molecular weight is 211 g/mol. The van der Waals surface area contributed by atoms with Crippen LogP contribution in [0.2, 0.25) is 0 Å². The number of hydrogen-bond donors (Lipinski definition) is 2. The van der Waals surface area contributed by atoms with E-state index in [1.165, 1.54) is 6.07 Å². The fraction of sp³-hybridized carbons (Fsp3) is 0.400. The Labute approximate surface area is 87.7 Å². The average Bonchev–Trinajstić information content (AvgIpc) is 2.17. The summed E-state index contributed by atoms with van der Waals surface area (Å²) in [4.78, 5) is 14.1. The number of nitrogens with zero attached hydrogens (tertiary/aromatic N) is 1. The summed E-state index contributed by atoms with van der Waals surface area (Å²) in [7, 11) is 0. The quantitative estimate of drug-likeness (QED) is 0.550. The van der Waals surface area contributed by atoms with Crippen LogP contribution < -0.4 is 11.1 Å². The lowest BCUT2D eigenvalue weighted by molar-refractivity contribution is -0.118. The molecule has 0 fully saturated rings. The molecule has 1 rings (SSSR count). The Kier molecular flexibility index (Phi) is 4.53. The predicted octanol–water partition coefficient (Wildman–Crippen LogP) is 1.29. The van der Waals surface area contributed by atoms with E-state index in [9.17, 15) is 9.18 Å². The maximum atomic E-state index is 12.6. The summed E-state index contributed by atoms with van der Waals surface area (Å²) in [5.74, 6) is -0.287. The molecule has 0 spiro atoms.